The molecular formula is C13H17FN2O3. The minimum Gasteiger partial charge on any atom is -0.478 e. The van der Waals surface area contributed by atoms with E-state index in [0.717, 1.165) is 25.0 Å². The second-order valence-corrected chi connectivity index (χ2v) is 5.01. The van der Waals surface area contributed by atoms with Gasteiger partial charge < -0.3 is 21.3 Å². The Morgan fingerprint density at radius 2 is 2.05 bits per heavy atom. The van der Waals surface area contributed by atoms with E-state index in [1.165, 1.54) is 0 Å². The Hall–Kier alpha value is -1.82. The van der Waals surface area contributed by atoms with E-state index in [2.05, 4.69) is 5.32 Å². The summed E-state index contributed by atoms with van der Waals surface area (Å²) in [6.45, 7) is 0.281. The fraction of sp³-hybridized carbons (Fsp3) is 0.462. The lowest BCUT2D eigenvalue weighted by Gasteiger charge is -2.23. The van der Waals surface area contributed by atoms with Gasteiger partial charge in [-0.05, 0) is 25.0 Å². The summed E-state index contributed by atoms with van der Waals surface area (Å²) in [5.41, 5.74) is 4.90. The molecule has 6 heteroatoms. The van der Waals surface area contributed by atoms with Crippen molar-refractivity contribution in [2.45, 2.75) is 31.3 Å². The number of hydrogen-bond donors (Lipinski definition) is 4. The highest BCUT2D eigenvalue weighted by Crippen LogP contribution is 2.31. The molecule has 1 aliphatic rings. The standard InChI is InChI=1S/C13H17FN2O3/c14-9-6-11(10(15)5-8(9)12(17)18)16-7-13(19)3-1-2-4-13/h5-6,16,19H,1-4,7,15H2,(H,17,18). The number of nitrogens with one attached hydrogen (secondary N) is 1. The number of hydrogen-bond acceptors (Lipinski definition) is 4. The van der Waals surface area contributed by atoms with Gasteiger partial charge in [0.2, 0.25) is 0 Å². The van der Waals surface area contributed by atoms with E-state index in [4.69, 9.17) is 10.8 Å². The van der Waals surface area contributed by atoms with Gasteiger partial charge in [-0.15, -0.1) is 0 Å². The molecule has 0 atom stereocenters. The lowest BCUT2D eigenvalue weighted by molar-refractivity contribution is 0.0614. The van der Waals surface area contributed by atoms with Crippen molar-refractivity contribution in [1.29, 1.82) is 0 Å². The Labute approximate surface area is 110 Å². The predicted molar refractivity (Wildman–Crippen MR) is 69.7 cm³/mol. The third kappa shape index (κ3) is 2.96. The predicted octanol–water partition coefficient (Wildman–Crippen LogP) is 1.82. The van der Waals surface area contributed by atoms with Gasteiger partial charge in [0, 0.05) is 6.54 Å². The van der Waals surface area contributed by atoms with Crippen LogP contribution >= 0.6 is 0 Å². The molecule has 0 amide bonds. The van der Waals surface area contributed by atoms with Gasteiger partial charge in [0.15, 0.2) is 0 Å². The molecule has 1 aliphatic carbocycles. The molecule has 0 spiro atoms. The van der Waals surface area contributed by atoms with E-state index in [9.17, 15) is 14.3 Å². The van der Waals surface area contributed by atoms with Crippen molar-refractivity contribution in [3.63, 3.8) is 0 Å². The van der Waals surface area contributed by atoms with E-state index in [1.54, 1.807) is 0 Å². The quantitative estimate of drug-likeness (QED) is 0.625. The van der Waals surface area contributed by atoms with Crippen LogP contribution in [0.15, 0.2) is 12.1 Å². The van der Waals surface area contributed by atoms with E-state index in [0.29, 0.717) is 18.5 Å². The van der Waals surface area contributed by atoms with Gasteiger partial charge in [0.25, 0.3) is 0 Å². The molecule has 1 saturated carbocycles. The van der Waals surface area contributed by atoms with E-state index >= 15 is 0 Å². The molecule has 0 heterocycles. The zero-order valence-electron chi connectivity index (χ0n) is 10.4. The number of aliphatic hydroxyl groups is 1. The summed E-state index contributed by atoms with van der Waals surface area (Å²) in [4.78, 5) is 10.7. The van der Waals surface area contributed by atoms with Crippen molar-refractivity contribution in [3.8, 4) is 0 Å². The zero-order chi connectivity index (χ0) is 14.0. The third-order valence-electron chi connectivity index (χ3n) is 3.51. The SMILES string of the molecule is Nc1cc(C(=O)O)c(F)cc1NCC1(O)CCCC1. The summed E-state index contributed by atoms with van der Waals surface area (Å²) in [6.07, 6.45) is 3.35. The summed E-state index contributed by atoms with van der Waals surface area (Å²) >= 11 is 0. The Bertz CT molecular complexity index is 499. The van der Waals surface area contributed by atoms with Crippen LogP contribution in [0.25, 0.3) is 0 Å². The van der Waals surface area contributed by atoms with Crippen LogP contribution in [-0.4, -0.2) is 28.3 Å². The van der Waals surface area contributed by atoms with Crippen LogP contribution in [0, 0.1) is 5.82 Å². The van der Waals surface area contributed by atoms with Crippen molar-refractivity contribution >= 4 is 17.3 Å². The van der Waals surface area contributed by atoms with E-state index in [1.807, 2.05) is 0 Å². The first-order chi connectivity index (χ1) is 8.91. The molecule has 1 fully saturated rings. The molecule has 104 valence electrons. The minimum atomic E-state index is -1.36. The minimum absolute atomic E-state index is 0.153. The molecule has 0 aliphatic heterocycles. The molecule has 0 bridgehead atoms. The Morgan fingerprint density at radius 3 is 2.63 bits per heavy atom. The molecule has 1 aromatic carbocycles. The molecule has 19 heavy (non-hydrogen) atoms. The van der Waals surface area contributed by atoms with Gasteiger partial charge >= 0.3 is 5.97 Å². The number of benzene rings is 1. The highest BCUT2D eigenvalue weighted by atomic mass is 19.1. The second kappa shape index (κ2) is 5.05. The number of nitrogen functional groups attached to an aromatic ring is 1. The normalized spacial score (nSPS) is 17.4. The molecule has 2 rings (SSSR count). The Balaban J connectivity index is 2.13. The molecule has 0 saturated heterocycles. The van der Waals surface area contributed by atoms with Crippen LogP contribution in [0.2, 0.25) is 0 Å². The maximum absolute atomic E-state index is 13.5. The van der Waals surface area contributed by atoms with Crippen molar-refractivity contribution in [3.05, 3.63) is 23.5 Å². The summed E-state index contributed by atoms with van der Waals surface area (Å²) in [6, 6.07) is 2.13. The van der Waals surface area contributed by atoms with Crippen molar-refractivity contribution in [1.82, 2.24) is 0 Å². The first kappa shape index (κ1) is 13.6. The number of aromatic carboxylic acids is 1. The topological polar surface area (TPSA) is 95.6 Å². The summed E-state index contributed by atoms with van der Waals surface area (Å²) < 4.78 is 13.5. The number of carbonyl (C=O) groups is 1. The van der Waals surface area contributed by atoms with Crippen LogP contribution in [0.1, 0.15) is 36.0 Å². The number of nitrogens with two attached hydrogens (primary N) is 1. The summed E-state index contributed by atoms with van der Waals surface area (Å²) in [5.74, 6) is -2.20. The molecule has 5 nitrogen and oxygen atoms in total. The van der Waals surface area contributed by atoms with Gasteiger partial charge in [-0.1, -0.05) is 12.8 Å². The Morgan fingerprint density at radius 1 is 1.42 bits per heavy atom. The fourth-order valence-corrected chi connectivity index (χ4v) is 2.38. The van der Waals surface area contributed by atoms with Gasteiger partial charge in [-0.3, -0.25) is 0 Å². The number of anilines is 2. The van der Waals surface area contributed by atoms with Gasteiger partial charge in [0.05, 0.1) is 22.5 Å². The zero-order valence-corrected chi connectivity index (χ0v) is 10.4. The smallest absolute Gasteiger partial charge is 0.338 e. The van der Waals surface area contributed by atoms with Gasteiger partial charge in [0.1, 0.15) is 5.82 Å². The molecule has 1 aromatic rings. The van der Waals surface area contributed by atoms with Crippen LogP contribution in [0.5, 0.6) is 0 Å². The Kier molecular flexibility index (Phi) is 3.61. The van der Waals surface area contributed by atoms with Crippen molar-refractivity contribution in [2.75, 3.05) is 17.6 Å². The molecular weight excluding hydrogens is 251 g/mol. The fourth-order valence-electron chi connectivity index (χ4n) is 2.38. The first-order valence-electron chi connectivity index (χ1n) is 6.20. The van der Waals surface area contributed by atoms with Crippen LogP contribution < -0.4 is 11.1 Å². The number of carboxylic acid groups (broad SMARTS) is 1. The van der Waals surface area contributed by atoms with E-state index < -0.39 is 23.0 Å². The lowest BCUT2D eigenvalue weighted by atomic mass is 10.0. The van der Waals surface area contributed by atoms with Crippen LogP contribution in [0.3, 0.4) is 0 Å². The molecule has 5 N–H and O–H groups in total. The maximum Gasteiger partial charge on any atom is 0.338 e. The highest BCUT2D eigenvalue weighted by molar-refractivity contribution is 5.90. The first-order valence-corrected chi connectivity index (χ1v) is 6.20. The van der Waals surface area contributed by atoms with Crippen molar-refractivity contribution in [2.24, 2.45) is 0 Å². The number of carboxylic acids is 1. The van der Waals surface area contributed by atoms with Crippen LogP contribution in [0.4, 0.5) is 15.8 Å². The summed E-state index contributed by atoms with van der Waals surface area (Å²) in [5, 5.41) is 21.8. The summed E-state index contributed by atoms with van der Waals surface area (Å²) in [7, 11) is 0. The number of rotatable bonds is 4. The third-order valence-corrected chi connectivity index (χ3v) is 3.51. The van der Waals surface area contributed by atoms with Crippen molar-refractivity contribution < 1.29 is 19.4 Å². The molecule has 0 unspecified atom stereocenters. The second-order valence-electron chi connectivity index (χ2n) is 5.01. The molecule has 0 aromatic heterocycles. The van der Waals surface area contributed by atoms with E-state index in [-0.39, 0.29) is 12.2 Å². The lowest BCUT2D eigenvalue weighted by Crippen LogP contribution is -2.33. The van der Waals surface area contributed by atoms with Gasteiger partial charge in [-0.2, -0.15) is 0 Å². The highest BCUT2D eigenvalue weighted by Gasteiger charge is 2.30. The molecule has 0 radical (unpaired) electrons. The largest absolute Gasteiger partial charge is 0.478 e. The number of halogens is 1. The van der Waals surface area contributed by atoms with Gasteiger partial charge in [-0.25, -0.2) is 9.18 Å². The monoisotopic (exact) mass is 268 g/mol. The maximum atomic E-state index is 13.5. The van der Waals surface area contributed by atoms with Crippen LogP contribution in [-0.2, 0) is 0 Å². The average molecular weight is 268 g/mol. The average Bonchev–Trinajstić information content (AvgIpc) is 2.77.